The van der Waals surface area contributed by atoms with Crippen LogP contribution < -0.4 is 10.2 Å². The van der Waals surface area contributed by atoms with E-state index in [0.29, 0.717) is 6.04 Å². The van der Waals surface area contributed by atoms with Gasteiger partial charge in [0.2, 0.25) is 0 Å². The van der Waals surface area contributed by atoms with E-state index in [9.17, 15) is 0 Å². The molecule has 1 aromatic heterocycles. The summed E-state index contributed by atoms with van der Waals surface area (Å²) in [5, 5.41) is 5.06. The molecule has 0 bridgehead atoms. The van der Waals surface area contributed by atoms with Crippen LogP contribution in [0.15, 0.2) is 0 Å². The van der Waals surface area contributed by atoms with Gasteiger partial charge in [-0.2, -0.15) is 0 Å². The van der Waals surface area contributed by atoms with Gasteiger partial charge in [0.1, 0.15) is 0 Å². The molecule has 0 spiro atoms. The van der Waals surface area contributed by atoms with Crippen LogP contribution in [0.5, 0.6) is 0 Å². The minimum Gasteiger partial charge on any atom is -0.345 e. The molecular weight excluding hydrogens is 278 g/mol. The van der Waals surface area contributed by atoms with Crippen LogP contribution in [0.4, 0.5) is 5.13 Å². The number of fused-ring (bicyclic) bond motifs is 1. The molecule has 0 amide bonds. The highest BCUT2D eigenvalue weighted by molar-refractivity contribution is 7.15. The highest BCUT2D eigenvalue weighted by Crippen LogP contribution is 2.43. The van der Waals surface area contributed by atoms with Crippen LogP contribution in [0, 0.1) is 5.92 Å². The third-order valence-corrected chi connectivity index (χ3v) is 6.21. The molecule has 3 aliphatic carbocycles. The topological polar surface area (TPSA) is 28.2 Å². The lowest BCUT2D eigenvalue weighted by atomic mass is 9.98. The number of thiazole rings is 1. The number of nitrogens with zero attached hydrogens (tertiary/aromatic N) is 2. The number of aryl methyl sites for hydroxylation is 1. The molecule has 0 radical (unpaired) electrons. The summed E-state index contributed by atoms with van der Waals surface area (Å²) in [5.74, 6) is 0.959. The minimum absolute atomic E-state index is 0.571. The first kappa shape index (κ1) is 14.0. The smallest absolute Gasteiger partial charge is 0.186 e. The zero-order valence-corrected chi connectivity index (χ0v) is 13.9. The molecule has 0 aliphatic heterocycles. The van der Waals surface area contributed by atoms with E-state index >= 15 is 0 Å². The molecule has 4 rings (SSSR count). The molecule has 2 saturated carbocycles. The van der Waals surface area contributed by atoms with Gasteiger partial charge in [0.15, 0.2) is 5.13 Å². The van der Waals surface area contributed by atoms with E-state index in [2.05, 4.69) is 17.1 Å². The first-order chi connectivity index (χ1) is 10.3. The maximum absolute atomic E-state index is 5.06. The fraction of sp³-hybridized carbons (Fsp3) is 0.824. The van der Waals surface area contributed by atoms with Gasteiger partial charge in [-0.25, -0.2) is 4.98 Å². The highest BCUT2D eigenvalue weighted by atomic mass is 32.1. The van der Waals surface area contributed by atoms with Crippen molar-refractivity contribution in [1.82, 2.24) is 10.3 Å². The Morgan fingerprint density at radius 2 is 2.10 bits per heavy atom. The molecule has 2 fully saturated rings. The van der Waals surface area contributed by atoms with Gasteiger partial charge >= 0.3 is 0 Å². The van der Waals surface area contributed by atoms with E-state index in [1.54, 1.807) is 4.88 Å². The monoisotopic (exact) mass is 305 g/mol. The first-order valence-electron chi connectivity index (χ1n) is 8.84. The molecule has 3 nitrogen and oxygen atoms in total. The molecular formula is C17H27N3S. The summed E-state index contributed by atoms with van der Waals surface area (Å²) in [6, 6.07) is 1.38. The minimum atomic E-state index is 0.571. The third-order valence-electron chi connectivity index (χ3n) is 4.97. The lowest BCUT2D eigenvalue weighted by Gasteiger charge is -2.22. The Kier molecular flexibility index (Phi) is 3.92. The van der Waals surface area contributed by atoms with Crippen LogP contribution in [0.25, 0.3) is 0 Å². The molecule has 1 heterocycles. The van der Waals surface area contributed by atoms with Gasteiger partial charge in [-0.05, 0) is 63.8 Å². The van der Waals surface area contributed by atoms with Crippen LogP contribution in [0.1, 0.15) is 68.5 Å². The number of rotatable bonds is 7. The van der Waals surface area contributed by atoms with Crippen LogP contribution in [0.3, 0.4) is 0 Å². The van der Waals surface area contributed by atoms with Crippen molar-refractivity contribution >= 4 is 16.5 Å². The Morgan fingerprint density at radius 1 is 1.24 bits per heavy atom. The molecule has 0 saturated heterocycles. The molecule has 116 valence electrons. The average molecular weight is 305 g/mol. The van der Waals surface area contributed by atoms with E-state index < -0.39 is 0 Å². The molecule has 21 heavy (non-hydrogen) atoms. The summed E-state index contributed by atoms with van der Waals surface area (Å²) in [5.41, 5.74) is 1.40. The first-order valence-corrected chi connectivity index (χ1v) is 9.66. The zero-order chi connectivity index (χ0) is 14.2. The van der Waals surface area contributed by atoms with Gasteiger partial charge in [0.05, 0.1) is 5.69 Å². The predicted molar refractivity (Wildman–Crippen MR) is 89.2 cm³/mol. The van der Waals surface area contributed by atoms with Crippen LogP contribution in [-0.4, -0.2) is 24.1 Å². The van der Waals surface area contributed by atoms with Crippen molar-refractivity contribution in [2.45, 2.75) is 70.4 Å². The predicted octanol–water partition coefficient (Wildman–Crippen LogP) is 3.90. The number of anilines is 1. The molecule has 3 aliphatic rings. The quantitative estimate of drug-likeness (QED) is 0.828. The summed E-state index contributed by atoms with van der Waals surface area (Å²) in [4.78, 5) is 9.25. The highest BCUT2D eigenvalue weighted by Gasteiger charge is 2.36. The van der Waals surface area contributed by atoms with Crippen molar-refractivity contribution < 1.29 is 0 Å². The van der Waals surface area contributed by atoms with E-state index in [1.807, 2.05) is 11.3 Å². The van der Waals surface area contributed by atoms with Gasteiger partial charge in [-0.1, -0.05) is 18.3 Å². The van der Waals surface area contributed by atoms with Crippen LogP contribution in [0.2, 0.25) is 0 Å². The summed E-state index contributed by atoms with van der Waals surface area (Å²) in [6.07, 6.45) is 10.6. The van der Waals surface area contributed by atoms with Gasteiger partial charge in [-0.15, -0.1) is 0 Å². The van der Waals surface area contributed by atoms with E-state index in [0.717, 1.165) is 18.5 Å². The van der Waals surface area contributed by atoms with Gasteiger partial charge in [0.25, 0.3) is 0 Å². The van der Waals surface area contributed by atoms with Crippen LogP contribution in [-0.2, 0) is 6.42 Å². The fourth-order valence-electron chi connectivity index (χ4n) is 3.39. The molecule has 0 aromatic carbocycles. The molecule has 1 atom stereocenters. The number of aromatic nitrogens is 1. The van der Waals surface area contributed by atoms with Crippen molar-refractivity contribution in [3.63, 3.8) is 0 Å². The number of hydrogen-bond donors (Lipinski definition) is 1. The van der Waals surface area contributed by atoms with Crippen molar-refractivity contribution in [3.05, 3.63) is 10.6 Å². The van der Waals surface area contributed by atoms with E-state index in [-0.39, 0.29) is 0 Å². The SMILES string of the molecule is CCCNC1CCCc2nc(N(CC3CC3)C3CC3)sc21. The van der Waals surface area contributed by atoms with Gasteiger partial charge < -0.3 is 10.2 Å². The van der Waals surface area contributed by atoms with E-state index in [1.165, 1.54) is 68.7 Å². The maximum atomic E-state index is 5.06. The second kappa shape index (κ2) is 5.88. The summed E-state index contributed by atoms with van der Waals surface area (Å²) in [6.45, 7) is 4.65. The Labute approximate surface area is 132 Å². The zero-order valence-electron chi connectivity index (χ0n) is 13.1. The van der Waals surface area contributed by atoms with Gasteiger partial charge in [-0.3, -0.25) is 0 Å². The molecule has 1 N–H and O–H groups in total. The number of hydrogen-bond acceptors (Lipinski definition) is 4. The summed E-state index contributed by atoms with van der Waals surface area (Å²) >= 11 is 1.99. The lowest BCUT2D eigenvalue weighted by Crippen LogP contribution is -2.27. The van der Waals surface area contributed by atoms with E-state index in [4.69, 9.17) is 4.98 Å². The molecule has 4 heteroatoms. The van der Waals surface area contributed by atoms with Crippen LogP contribution >= 0.6 is 11.3 Å². The fourth-order valence-corrected chi connectivity index (χ4v) is 4.69. The Balaban J connectivity index is 1.54. The van der Waals surface area contributed by atoms with Crippen molar-refractivity contribution in [3.8, 4) is 0 Å². The molecule has 1 aromatic rings. The Bertz CT molecular complexity index is 490. The lowest BCUT2D eigenvalue weighted by molar-refractivity contribution is 0.464. The average Bonchev–Trinajstić information content (AvgIpc) is 3.40. The second-order valence-corrected chi connectivity index (χ2v) is 8.04. The van der Waals surface area contributed by atoms with Crippen molar-refractivity contribution in [1.29, 1.82) is 0 Å². The third kappa shape index (κ3) is 3.11. The second-order valence-electron chi connectivity index (χ2n) is 7.03. The number of nitrogens with one attached hydrogen (secondary N) is 1. The summed E-state index contributed by atoms with van der Waals surface area (Å²) < 4.78 is 0. The Hall–Kier alpha value is -0.610. The standard InChI is InChI=1S/C17H27N3S/c1-2-10-18-14-4-3-5-15-16(14)21-17(19-15)20(13-8-9-13)11-12-6-7-12/h12-14,18H,2-11H2,1H3. The molecule has 1 unspecified atom stereocenters. The normalized spacial score (nSPS) is 24.9. The Morgan fingerprint density at radius 3 is 2.81 bits per heavy atom. The van der Waals surface area contributed by atoms with Gasteiger partial charge in [0, 0.05) is 23.5 Å². The van der Waals surface area contributed by atoms with Crippen molar-refractivity contribution in [2.24, 2.45) is 5.92 Å². The largest absolute Gasteiger partial charge is 0.345 e. The summed E-state index contributed by atoms with van der Waals surface area (Å²) in [7, 11) is 0. The maximum Gasteiger partial charge on any atom is 0.186 e. The van der Waals surface area contributed by atoms with Crippen molar-refractivity contribution in [2.75, 3.05) is 18.0 Å².